The second kappa shape index (κ2) is 6.08. The topological polar surface area (TPSA) is 49.9 Å². The van der Waals surface area contributed by atoms with Crippen molar-refractivity contribution in [1.29, 1.82) is 0 Å². The Hall–Kier alpha value is -2.89. The lowest BCUT2D eigenvalue weighted by Crippen LogP contribution is -2.39. The molecule has 1 unspecified atom stereocenters. The lowest BCUT2D eigenvalue weighted by atomic mass is 10.2. The molecule has 2 aromatic rings. The number of likely N-dealkylation sites (N-methyl/N-ethyl adjacent to an activating group) is 1. The average Bonchev–Trinajstić information content (AvgIpc) is 2.80. The molecule has 0 bridgehead atoms. The first kappa shape index (κ1) is 15.0. The predicted molar refractivity (Wildman–Crippen MR) is 82.8 cm³/mol. The number of rotatable bonds is 4. The summed E-state index contributed by atoms with van der Waals surface area (Å²) in [6.07, 6.45) is -1.08. The van der Waals surface area contributed by atoms with Gasteiger partial charge in [0.05, 0.1) is 0 Å². The summed E-state index contributed by atoms with van der Waals surface area (Å²) in [5.41, 5.74) is 0.978. The fourth-order valence-electron chi connectivity index (χ4n) is 2.35. The minimum Gasteiger partial charge on any atom is -0.460 e. The number of carbonyl (C=O) groups is 2. The summed E-state index contributed by atoms with van der Waals surface area (Å²) in [7, 11) is 1.40. The van der Waals surface area contributed by atoms with E-state index in [9.17, 15) is 14.0 Å². The van der Waals surface area contributed by atoms with Gasteiger partial charge in [-0.2, -0.15) is 0 Å². The van der Waals surface area contributed by atoms with Crippen molar-refractivity contribution in [3.8, 4) is 5.75 Å². The Balaban J connectivity index is 1.93. The Morgan fingerprint density at radius 3 is 2.30 bits per heavy atom. The number of alkyl halides is 1. The van der Waals surface area contributed by atoms with Gasteiger partial charge in [-0.05, 0) is 29.8 Å². The number of amides is 3. The highest BCUT2D eigenvalue weighted by Gasteiger charge is 2.45. The van der Waals surface area contributed by atoms with E-state index in [1.165, 1.54) is 11.9 Å². The maximum Gasteiger partial charge on any atom is 0.334 e. The van der Waals surface area contributed by atoms with E-state index in [4.69, 9.17) is 4.74 Å². The van der Waals surface area contributed by atoms with Crippen LogP contribution in [0.15, 0.2) is 54.6 Å². The van der Waals surface area contributed by atoms with Crippen molar-refractivity contribution in [2.75, 3.05) is 11.9 Å². The molecule has 1 aliphatic rings. The molecular formula is C17H15FN2O3. The quantitative estimate of drug-likeness (QED) is 0.815. The predicted octanol–water partition coefficient (Wildman–Crippen LogP) is 2.96. The summed E-state index contributed by atoms with van der Waals surface area (Å²) in [5.74, 6) is 0.0350. The number of imide groups is 1. The molecule has 0 saturated carbocycles. The summed E-state index contributed by atoms with van der Waals surface area (Å²) in [6.45, 7) is -0.586. The van der Waals surface area contributed by atoms with Crippen LogP contribution in [0, 0.1) is 0 Å². The number of hydrogen-bond donors (Lipinski definition) is 0. The standard InChI is InChI=1S/C17H15FN2O3/c1-19-15(21)16(23-14-5-3-2-4-6-14)20(17(19)22)13-9-7-12(11-18)8-10-13/h2-10,16H,11H2,1H3. The van der Waals surface area contributed by atoms with Crippen molar-refractivity contribution in [2.45, 2.75) is 12.9 Å². The number of ether oxygens (including phenoxy) is 1. The highest BCUT2D eigenvalue weighted by atomic mass is 19.1. The first-order chi connectivity index (χ1) is 11.1. The highest BCUT2D eigenvalue weighted by Crippen LogP contribution is 2.27. The minimum absolute atomic E-state index is 0.451. The first-order valence-corrected chi connectivity index (χ1v) is 7.09. The third-order valence-electron chi connectivity index (χ3n) is 3.63. The van der Waals surface area contributed by atoms with Crippen LogP contribution in [0.4, 0.5) is 14.9 Å². The van der Waals surface area contributed by atoms with E-state index in [-0.39, 0.29) is 0 Å². The van der Waals surface area contributed by atoms with E-state index >= 15 is 0 Å². The molecule has 3 amide bonds. The van der Waals surface area contributed by atoms with Crippen molar-refractivity contribution < 1.29 is 18.7 Å². The lowest BCUT2D eigenvalue weighted by Gasteiger charge is -2.22. The van der Waals surface area contributed by atoms with Crippen LogP contribution in [0.1, 0.15) is 5.56 Å². The molecule has 0 aromatic heterocycles. The van der Waals surface area contributed by atoms with Gasteiger partial charge in [-0.1, -0.05) is 30.3 Å². The van der Waals surface area contributed by atoms with Gasteiger partial charge >= 0.3 is 6.03 Å². The van der Waals surface area contributed by atoms with Crippen LogP contribution < -0.4 is 9.64 Å². The third-order valence-corrected chi connectivity index (χ3v) is 3.63. The maximum atomic E-state index is 12.6. The van der Waals surface area contributed by atoms with Crippen molar-refractivity contribution in [2.24, 2.45) is 0 Å². The fraction of sp³-hybridized carbons (Fsp3) is 0.176. The summed E-state index contributed by atoms with van der Waals surface area (Å²) in [6, 6.07) is 14.7. The second-order valence-corrected chi connectivity index (χ2v) is 5.13. The average molecular weight is 314 g/mol. The summed E-state index contributed by atoms with van der Waals surface area (Å²) >= 11 is 0. The van der Waals surface area contributed by atoms with Gasteiger partial charge in [-0.25, -0.2) is 14.1 Å². The van der Waals surface area contributed by atoms with Gasteiger partial charge in [0, 0.05) is 12.7 Å². The zero-order chi connectivity index (χ0) is 16.4. The summed E-state index contributed by atoms with van der Waals surface area (Å²) in [5, 5.41) is 0. The SMILES string of the molecule is CN1C(=O)C(Oc2ccccc2)N(c2ccc(CF)cc2)C1=O. The van der Waals surface area contributed by atoms with Gasteiger partial charge in [0.25, 0.3) is 12.1 Å². The van der Waals surface area contributed by atoms with E-state index in [0.717, 1.165) is 4.90 Å². The van der Waals surface area contributed by atoms with Crippen molar-refractivity contribution in [1.82, 2.24) is 4.90 Å². The number of para-hydroxylation sites is 1. The Morgan fingerprint density at radius 2 is 1.70 bits per heavy atom. The number of nitrogens with zero attached hydrogens (tertiary/aromatic N) is 2. The first-order valence-electron chi connectivity index (χ1n) is 7.09. The molecule has 118 valence electrons. The second-order valence-electron chi connectivity index (χ2n) is 5.13. The molecule has 5 nitrogen and oxygen atoms in total. The van der Waals surface area contributed by atoms with Crippen LogP contribution in [0.5, 0.6) is 5.75 Å². The number of anilines is 1. The van der Waals surface area contributed by atoms with Gasteiger partial charge in [0.1, 0.15) is 12.4 Å². The van der Waals surface area contributed by atoms with E-state index in [1.54, 1.807) is 48.5 Å². The zero-order valence-electron chi connectivity index (χ0n) is 12.5. The maximum absolute atomic E-state index is 12.6. The van der Waals surface area contributed by atoms with Crippen molar-refractivity contribution in [3.05, 3.63) is 60.2 Å². The number of halogens is 1. The van der Waals surface area contributed by atoms with Crippen LogP contribution in [0.2, 0.25) is 0 Å². The molecule has 1 saturated heterocycles. The molecule has 1 fully saturated rings. The normalized spacial score (nSPS) is 17.7. The van der Waals surface area contributed by atoms with Crippen LogP contribution in [0.3, 0.4) is 0 Å². The summed E-state index contributed by atoms with van der Waals surface area (Å²) < 4.78 is 18.3. The number of urea groups is 1. The van der Waals surface area contributed by atoms with Crippen molar-refractivity contribution in [3.63, 3.8) is 0 Å². The molecule has 0 spiro atoms. The van der Waals surface area contributed by atoms with E-state index in [2.05, 4.69) is 0 Å². The molecular weight excluding hydrogens is 299 g/mol. The number of carbonyl (C=O) groups excluding carboxylic acids is 2. The minimum atomic E-state index is -1.08. The van der Waals surface area contributed by atoms with Gasteiger partial charge < -0.3 is 4.74 Å². The van der Waals surface area contributed by atoms with E-state index < -0.39 is 24.8 Å². The van der Waals surface area contributed by atoms with Crippen molar-refractivity contribution >= 4 is 17.6 Å². The van der Waals surface area contributed by atoms with Gasteiger partial charge in [-0.3, -0.25) is 9.69 Å². The van der Waals surface area contributed by atoms with Crippen LogP contribution >= 0.6 is 0 Å². The zero-order valence-corrected chi connectivity index (χ0v) is 12.5. The number of benzene rings is 2. The summed E-state index contributed by atoms with van der Waals surface area (Å²) in [4.78, 5) is 26.9. The molecule has 1 heterocycles. The van der Waals surface area contributed by atoms with Gasteiger partial charge in [0.15, 0.2) is 0 Å². The molecule has 1 atom stereocenters. The third kappa shape index (κ3) is 2.75. The molecule has 2 aromatic carbocycles. The molecule has 23 heavy (non-hydrogen) atoms. The van der Waals surface area contributed by atoms with Gasteiger partial charge in [0.2, 0.25) is 0 Å². The Bertz CT molecular complexity index is 718. The molecule has 0 aliphatic carbocycles. The molecule has 3 rings (SSSR count). The lowest BCUT2D eigenvalue weighted by molar-refractivity contribution is -0.131. The van der Waals surface area contributed by atoms with Crippen LogP contribution in [-0.2, 0) is 11.5 Å². The Kier molecular flexibility index (Phi) is 3.97. The number of hydrogen-bond acceptors (Lipinski definition) is 3. The largest absolute Gasteiger partial charge is 0.460 e. The molecule has 6 heteroatoms. The fourth-order valence-corrected chi connectivity index (χ4v) is 2.35. The monoisotopic (exact) mass is 314 g/mol. The van der Waals surface area contributed by atoms with Crippen LogP contribution in [0.25, 0.3) is 0 Å². The van der Waals surface area contributed by atoms with E-state index in [0.29, 0.717) is 17.0 Å². The molecule has 0 radical (unpaired) electrons. The highest BCUT2D eigenvalue weighted by molar-refractivity contribution is 6.13. The van der Waals surface area contributed by atoms with E-state index in [1.807, 2.05) is 6.07 Å². The Labute approximate surface area is 132 Å². The van der Waals surface area contributed by atoms with Crippen LogP contribution in [-0.4, -0.2) is 30.1 Å². The Morgan fingerprint density at radius 1 is 1.04 bits per heavy atom. The smallest absolute Gasteiger partial charge is 0.334 e. The molecule has 1 aliphatic heterocycles. The molecule has 0 N–H and O–H groups in total. The van der Waals surface area contributed by atoms with Gasteiger partial charge in [-0.15, -0.1) is 0 Å².